The third-order valence-corrected chi connectivity index (χ3v) is 7.14. The number of unbranched alkanes of at least 4 members (excludes halogenated alkanes) is 15. The van der Waals surface area contributed by atoms with Crippen LogP contribution in [-0.4, -0.2) is 56.4 Å². The minimum Gasteiger partial charge on any atom is -0.465 e. The highest BCUT2D eigenvalue weighted by atomic mass is 16.7. The Labute approximate surface area is 246 Å². The summed E-state index contributed by atoms with van der Waals surface area (Å²) in [6, 6.07) is 0. The summed E-state index contributed by atoms with van der Waals surface area (Å²) < 4.78 is 22.6. The van der Waals surface area contributed by atoms with Crippen molar-refractivity contribution in [1.29, 1.82) is 0 Å². The normalized spacial score (nSPS) is 12.1. The summed E-state index contributed by atoms with van der Waals surface area (Å²) >= 11 is 0. The molecule has 1 N–H and O–H groups in total. The number of aliphatic hydroxyl groups excluding tert-OH is 1. The summed E-state index contributed by atoms with van der Waals surface area (Å²) in [4.78, 5) is 24.4. The van der Waals surface area contributed by atoms with Crippen molar-refractivity contribution >= 4 is 11.9 Å². The Kier molecular flexibility index (Phi) is 29.9. The highest BCUT2D eigenvalue weighted by molar-refractivity contribution is 5.69. The first-order chi connectivity index (χ1) is 19.6. The van der Waals surface area contributed by atoms with Gasteiger partial charge >= 0.3 is 11.9 Å². The van der Waals surface area contributed by atoms with Crippen LogP contribution in [0.4, 0.5) is 0 Å². The first kappa shape index (κ1) is 38.8. The Morgan fingerprint density at radius 3 is 1.40 bits per heavy atom. The van der Waals surface area contributed by atoms with Crippen molar-refractivity contribution in [2.24, 2.45) is 5.92 Å². The van der Waals surface area contributed by atoms with Crippen LogP contribution in [0.5, 0.6) is 0 Å². The zero-order valence-electron chi connectivity index (χ0n) is 26.4. The maximum absolute atomic E-state index is 12.4. The van der Waals surface area contributed by atoms with Gasteiger partial charge in [-0.1, -0.05) is 117 Å². The molecule has 1 unspecified atom stereocenters. The zero-order valence-corrected chi connectivity index (χ0v) is 26.4. The van der Waals surface area contributed by atoms with Gasteiger partial charge in [-0.15, -0.1) is 0 Å². The molecule has 0 aliphatic carbocycles. The molecule has 0 amide bonds. The summed E-state index contributed by atoms with van der Waals surface area (Å²) in [5.74, 6) is -1.03. The summed E-state index contributed by atoms with van der Waals surface area (Å²) in [6.07, 6.45) is 21.6. The Morgan fingerprint density at radius 2 is 0.950 bits per heavy atom. The van der Waals surface area contributed by atoms with Gasteiger partial charge in [-0.3, -0.25) is 9.59 Å². The van der Waals surface area contributed by atoms with Crippen LogP contribution in [0.3, 0.4) is 0 Å². The number of carbonyl (C=O) groups is 2. The smallest absolute Gasteiger partial charge is 0.305 e. The molecule has 0 heterocycles. The highest BCUT2D eigenvalue weighted by Gasteiger charge is 2.17. The van der Waals surface area contributed by atoms with Crippen molar-refractivity contribution in [1.82, 2.24) is 0 Å². The second-order valence-electron chi connectivity index (χ2n) is 11.2. The van der Waals surface area contributed by atoms with E-state index in [2.05, 4.69) is 20.8 Å². The fourth-order valence-corrected chi connectivity index (χ4v) is 4.41. The lowest BCUT2D eigenvalue weighted by Crippen LogP contribution is -2.25. The molecule has 0 bridgehead atoms. The lowest BCUT2D eigenvalue weighted by atomic mass is 10.1. The molecule has 1 atom stereocenters. The van der Waals surface area contributed by atoms with Gasteiger partial charge in [0.05, 0.1) is 32.2 Å². The van der Waals surface area contributed by atoms with Gasteiger partial charge in [-0.25, -0.2) is 0 Å². The minimum atomic E-state index is -0.416. The van der Waals surface area contributed by atoms with Gasteiger partial charge in [-0.05, 0) is 19.3 Å². The molecule has 0 fully saturated rings. The van der Waals surface area contributed by atoms with Gasteiger partial charge in [0.2, 0.25) is 0 Å². The summed E-state index contributed by atoms with van der Waals surface area (Å²) in [7, 11) is 0. The number of aliphatic hydroxyl groups is 1. The average molecular weight is 573 g/mol. The predicted molar refractivity (Wildman–Crippen MR) is 162 cm³/mol. The second kappa shape index (κ2) is 30.8. The van der Waals surface area contributed by atoms with Crippen LogP contribution in [0.1, 0.15) is 156 Å². The molecule has 0 aliphatic rings. The lowest BCUT2D eigenvalue weighted by Gasteiger charge is -2.19. The Morgan fingerprint density at radius 1 is 0.550 bits per heavy atom. The third-order valence-electron chi connectivity index (χ3n) is 7.14. The molecular formula is C33H64O7. The molecule has 0 radical (unpaired) electrons. The molecule has 0 spiro atoms. The fourth-order valence-electron chi connectivity index (χ4n) is 4.41. The number of hydrogen-bond donors (Lipinski definition) is 1. The fraction of sp³-hybridized carbons (Fsp3) is 0.939. The van der Waals surface area contributed by atoms with Crippen LogP contribution in [0.2, 0.25) is 0 Å². The van der Waals surface area contributed by atoms with E-state index in [0.717, 1.165) is 44.9 Å². The molecule has 7 heteroatoms. The number of hydrogen-bond acceptors (Lipinski definition) is 7. The molecule has 0 saturated heterocycles. The van der Waals surface area contributed by atoms with Crippen molar-refractivity contribution in [3.05, 3.63) is 0 Å². The van der Waals surface area contributed by atoms with Crippen LogP contribution < -0.4 is 0 Å². The molecule has 0 saturated carbocycles. The topological polar surface area (TPSA) is 91.3 Å². The van der Waals surface area contributed by atoms with Crippen LogP contribution in [-0.2, 0) is 28.5 Å². The van der Waals surface area contributed by atoms with Gasteiger partial charge in [0.15, 0.2) is 6.29 Å². The Balaban J connectivity index is 4.25. The molecular weight excluding hydrogens is 508 g/mol. The molecule has 0 aromatic rings. The number of rotatable bonds is 31. The molecule has 0 aromatic heterocycles. The van der Waals surface area contributed by atoms with Gasteiger partial charge in [0.1, 0.15) is 0 Å². The van der Waals surface area contributed by atoms with Crippen LogP contribution in [0.25, 0.3) is 0 Å². The number of ether oxygens (including phenoxy) is 4. The molecule has 40 heavy (non-hydrogen) atoms. The summed E-state index contributed by atoms with van der Waals surface area (Å²) in [6.45, 7) is 7.78. The Hall–Kier alpha value is -1.18. The number of carbonyl (C=O) groups excluding carboxylic acids is 2. The SMILES string of the molecule is CCCCCCCCOC(CCC(=O)OCC(CO)COC(=O)CCCCCCCC)OCCCCCCCC. The van der Waals surface area contributed by atoms with E-state index in [-0.39, 0.29) is 38.2 Å². The van der Waals surface area contributed by atoms with Crippen molar-refractivity contribution in [2.45, 2.75) is 162 Å². The van der Waals surface area contributed by atoms with E-state index in [1.165, 1.54) is 70.6 Å². The third kappa shape index (κ3) is 27.0. The van der Waals surface area contributed by atoms with E-state index in [9.17, 15) is 14.7 Å². The first-order valence-corrected chi connectivity index (χ1v) is 16.7. The van der Waals surface area contributed by atoms with Gasteiger partial charge in [0, 0.05) is 26.1 Å². The highest BCUT2D eigenvalue weighted by Crippen LogP contribution is 2.13. The minimum absolute atomic E-state index is 0.0293. The van der Waals surface area contributed by atoms with Crippen LogP contribution >= 0.6 is 0 Å². The lowest BCUT2D eigenvalue weighted by molar-refractivity contribution is -0.161. The predicted octanol–water partition coefficient (Wildman–Crippen LogP) is 8.29. The largest absolute Gasteiger partial charge is 0.465 e. The first-order valence-electron chi connectivity index (χ1n) is 16.7. The van der Waals surface area contributed by atoms with Crippen molar-refractivity contribution in [3.8, 4) is 0 Å². The van der Waals surface area contributed by atoms with Gasteiger partial charge < -0.3 is 24.1 Å². The summed E-state index contributed by atoms with van der Waals surface area (Å²) in [5.41, 5.74) is 0. The van der Waals surface area contributed by atoms with Gasteiger partial charge in [-0.2, -0.15) is 0 Å². The maximum atomic E-state index is 12.4. The zero-order chi connectivity index (χ0) is 29.5. The van der Waals surface area contributed by atoms with E-state index in [0.29, 0.717) is 26.1 Å². The van der Waals surface area contributed by atoms with E-state index < -0.39 is 12.2 Å². The van der Waals surface area contributed by atoms with Crippen molar-refractivity contribution in [3.63, 3.8) is 0 Å². The average Bonchev–Trinajstić information content (AvgIpc) is 2.96. The quantitative estimate of drug-likeness (QED) is 0.0507. The Bertz CT molecular complexity index is 537. The standard InChI is InChI=1S/C33H64O7/c1-4-7-10-13-16-19-22-31(35)39-28-30(27-34)29-40-32(36)23-24-33(37-25-20-17-14-11-8-5-2)38-26-21-18-15-12-9-6-3/h30,33-34H,4-29H2,1-3H3. The second-order valence-corrected chi connectivity index (χ2v) is 11.2. The van der Waals surface area contributed by atoms with Crippen LogP contribution in [0.15, 0.2) is 0 Å². The van der Waals surface area contributed by atoms with Crippen LogP contribution in [0, 0.1) is 5.92 Å². The monoisotopic (exact) mass is 572 g/mol. The van der Waals surface area contributed by atoms with Crippen molar-refractivity contribution < 1.29 is 33.6 Å². The van der Waals surface area contributed by atoms with E-state index in [4.69, 9.17) is 18.9 Å². The summed E-state index contributed by atoms with van der Waals surface area (Å²) in [5, 5.41) is 9.62. The molecule has 0 aromatic carbocycles. The van der Waals surface area contributed by atoms with Crippen molar-refractivity contribution in [2.75, 3.05) is 33.0 Å². The van der Waals surface area contributed by atoms with E-state index >= 15 is 0 Å². The van der Waals surface area contributed by atoms with E-state index in [1.807, 2.05) is 0 Å². The molecule has 7 nitrogen and oxygen atoms in total. The van der Waals surface area contributed by atoms with Gasteiger partial charge in [0.25, 0.3) is 0 Å². The van der Waals surface area contributed by atoms with E-state index in [1.54, 1.807) is 0 Å². The number of esters is 2. The molecule has 0 rings (SSSR count). The molecule has 238 valence electrons. The molecule has 0 aliphatic heterocycles. The maximum Gasteiger partial charge on any atom is 0.305 e.